The fourth-order valence-electron chi connectivity index (χ4n) is 3.30. The average molecular weight is 418 g/mol. The second-order valence-corrected chi connectivity index (χ2v) is 8.46. The van der Waals surface area contributed by atoms with E-state index in [0.29, 0.717) is 13.0 Å². The molecule has 0 bridgehead atoms. The van der Waals surface area contributed by atoms with Crippen LogP contribution in [0, 0.1) is 0 Å². The van der Waals surface area contributed by atoms with Crippen LogP contribution in [0.4, 0.5) is 4.79 Å². The summed E-state index contributed by atoms with van der Waals surface area (Å²) in [6.45, 7) is 6.23. The Morgan fingerprint density at radius 2 is 1.92 bits per heavy atom. The third-order valence-corrected chi connectivity index (χ3v) is 5.13. The Morgan fingerprint density at radius 1 is 1.23 bits per heavy atom. The van der Waals surface area contributed by atoms with Gasteiger partial charge < -0.3 is 15.2 Å². The zero-order valence-corrected chi connectivity index (χ0v) is 16.8. The first-order chi connectivity index (χ1) is 12.2. The van der Waals surface area contributed by atoms with E-state index >= 15 is 0 Å². The maximum absolute atomic E-state index is 11.4. The van der Waals surface area contributed by atoms with Gasteiger partial charge in [0, 0.05) is 16.8 Å². The van der Waals surface area contributed by atoms with E-state index in [9.17, 15) is 9.90 Å². The van der Waals surface area contributed by atoms with Crippen LogP contribution in [0.25, 0.3) is 0 Å². The maximum atomic E-state index is 11.4. The number of halogens is 1. The minimum absolute atomic E-state index is 0.189. The summed E-state index contributed by atoms with van der Waals surface area (Å²) in [6.07, 6.45) is -0.139. The van der Waals surface area contributed by atoms with Crippen LogP contribution in [0.1, 0.15) is 55.0 Å². The van der Waals surface area contributed by atoms with Gasteiger partial charge in [0.15, 0.2) is 0 Å². The van der Waals surface area contributed by atoms with E-state index in [1.165, 1.54) is 5.56 Å². The van der Waals surface area contributed by atoms with Crippen LogP contribution in [0.5, 0.6) is 0 Å². The van der Waals surface area contributed by atoms with Crippen molar-refractivity contribution in [3.63, 3.8) is 0 Å². The van der Waals surface area contributed by atoms with Crippen LogP contribution in [0.3, 0.4) is 0 Å². The van der Waals surface area contributed by atoms with Gasteiger partial charge in [0.25, 0.3) is 0 Å². The Morgan fingerprint density at radius 3 is 2.50 bits per heavy atom. The molecule has 138 valence electrons. The van der Waals surface area contributed by atoms with Crippen LogP contribution in [0.2, 0.25) is 0 Å². The molecular formula is C21H24BrNO3. The number of amides is 1. The molecule has 0 saturated carbocycles. The molecule has 1 fully saturated rings. The molecule has 2 aromatic carbocycles. The molecule has 1 unspecified atom stereocenters. The molecule has 2 atom stereocenters. The Kier molecular flexibility index (Phi) is 5.39. The lowest BCUT2D eigenvalue weighted by atomic mass is 9.87. The van der Waals surface area contributed by atoms with Crippen molar-refractivity contribution in [3.05, 3.63) is 69.2 Å². The molecule has 26 heavy (non-hydrogen) atoms. The summed E-state index contributed by atoms with van der Waals surface area (Å²) in [7, 11) is 0. The minimum Gasteiger partial charge on any atom is -0.439 e. The zero-order chi connectivity index (χ0) is 18.9. The number of benzene rings is 2. The summed E-state index contributed by atoms with van der Waals surface area (Å²) in [6, 6.07) is 14.6. The number of cyclic esters (lactones) is 1. The Labute approximate surface area is 162 Å². The van der Waals surface area contributed by atoms with Crippen molar-refractivity contribution in [1.29, 1.82) is 0 Å². The van der Waals surface area contributed by atoms with Gasteiger partial charge >= 0.3 is 6.09 Å². The highest BCUT2D eigenvalue weighted by molar-refractivity contribution is 9.10. The highest BCUT2D eigenvalue weighted by Gasteiger charge is 2.26. The summed E-state index contributed by atoms with van der Waals surface area (Å²) in [4.78, 5) is 11.4. The smallest absolute Gasteiger partial charge is 0.407 e. The van der Waals surface area contributed by atoms with Crippen molar-refractivity contribution in [2.75, 3.05) is 6.54 Å². The fourth-order valence-corrected chi connectivity index (χ4v) is 3.57. The first-order valence-corrected chi connectivity index (χ1v) is 9.57. The van der Waals surface area contributed by atoms with Crippen molar-refractivity contribution in [2.45, 2.75) is 44.8 Å². The molecule has 2 N–H and O–H groups in total. The van der Waals surface area contributed by atoms with Crippen molar-refractivity contribution in [2.24, 2.45) is 0 Å². The standard InChI is InChI=1S/C21H24BrNO3/c1-13(15-4-6-18(22)7-5-15)16-8-14(11-21(2,3)25)9-17(10-16)19-12-23-20(24)26-19/h4-10,13,19,25H,11-12H2,1-3H3,(H,23,24)/t13-,19?/m0/s1. The second kappa shape index (κ2) is 7.41. The summed E-state index contributed by atoms with van der Waals surface area (Å²) in [5.74, 6) is 0.189. The molecule has 1 aliphatic rings. The van der Waals surface area contributed by atoms with E-state index < -0.39 is 5.60 Å². The highest BCUT2D eigenvalue weighted by Crippen LogP contribution is 2.31. The Bertz CT molecular complexity index is 796. The zero-order valence-electron chi connectivity index (χ0n) is 15.3. The van der Waals surface area contributed by atoms with Crippen LogP contribution in [0.15, 0.2) is 46.9 Å². The average Bonchev–Trinajstić information content (AvgIpc) is 2.99. The third kappa shape index (κ3) is 4.65. The van der Waals surface area contributed by atoms with Gasteiger partial charge in [0.05, 0.1) is 12.1 Å². The molecule has 0 spiro atoms. The summed E-state index contributed by atoms with van der Waals surface area (Å²) in [5.41, 5.74) is 3.55. The molecule has 3 rings (SSSR count). The van der Waals surface area contributed by atoms with Gasteiger partial charge in [0.1, 0.15) is 6.10 Å². The molecule has 4 nitrogen and oxygen atoms in total. The molecule has 0 radical (unpaired) electrons. The number of carbonyl (C=O) groups is 1. The number of nitrogens with one attached hydrogen (secondary N) is 1. The summed E-state index contributed by atoms with van der Waals surface area (Å²) >= 11 is 3.47. The summed E-state index contributed by atoms with van der Waals surface area (Å²) < 4.78 is 6.42. The van der Waals surface area contributed by atoms with E-state index in [2.05, 4.69) is 52.4 Å². The molecule has 1 amide bonds. The maximum Gasteiger partial charge on any atom is 0.407 e. The first-order valence-electron chi connectivity index (χ1n) is 8.77. The van der Waals surface area contributed by atoms with Crippen LogP contribution in [-0.4, -0.2) is 23.3 Å². The lowest BCUT2D eigenvalue weighted by Crippen LogP contribution is -2.22. The predicted molar refractivity (Wildman–Crippen MR) is 105 cm³/mol. The quantitative estimate of drug-likeness (QED) is 0.741. The van der Waals surface area contributed by atoms with Crippen molar-refractivity contribution in [3.8, 4) is 0 Å². The highest BCUT2D eigenvalue weighted by atomic mass is 79.9. The third-order valence-electron chi connectivity index (χ3n) is 4.60. The Balaban J connectivity index is 1.98. The minimum atomic E-state index is -0.804. The molecule has 2 aromatic rings. The van der Waals surface area contributed by atoms with Crippen LogP contribution >= 0.6 is 15.9 Å². The van der Waals surface area contributed by atoms with Gasteiger partial charge in [-0.2, -0.15) is 0 Å². The van der Waals surface area contributed by atoms with E-state index in [-0.39, 0.29) is 18.1 Å². The molecule has 1 heterocycles. The molecular weight excluding hydrogens is 394 g/mol. The van der Waals surface area contributed by atoms with Gasteiger partial charge in [-0.25, -0.2) is 4.79 Å². The van der Waals surface area contributed by atoms with Gasteiger partial charge in [-0.15, -0.1) is 0 Å². The van der Waals surface area contributed by atoms with Crippen molar-refractivity contribution in [1.82, 2.24) is 5.32 Å². The van der Waals surface area contributed by atoms with Crippen molar-refractivity contribution >= 4 is 22.0 Å². The van der Waals surface area contributed by atoms with E-state index in [1.54, 1.807) is 13.8 Å². The topological polar surface area (TPSA) is 58.6 Å². The fraction of sp³-hybridized carbons (Fsp3) is 0.381. The monoisotopic (exact) mass is 417 g/mol. The number of hydrogen-bond donors (Lipinski definition) is 2. The summed E-state index contributed by atoms with van der Waals surface area (Å²) in [5, 5.41) is 13.0. The molecule has 5 heteroatoms. The van der Waals surface area contributed by atoms with E-state index in [0.717, 1.165) is 21.2 Å². The number of aliphatic hydroxyl groups is 1. The second-order valence-electron chi connectivity index (χ2n) is 7.55. The van der Waals surface area contributed by atoms with E-state index in [4.69, 9.17) is 4.74 Å². The predicted octanol–water partition coefficient (Wildman–Crippen LogP) is 4.70. The van der Waals surface area contributed by atoms with Gasteiger partial charge in [-0.1, -0.05) is 53.2 Å². The first kappa shape index (κ1) is 18.9. The largest absolute Gasteiger partial charge is 0.439 e. The van der Waals surface area contributed by atoms with Gasteiger partial charge in [-0.05, 0) is 48.2 Å². The number of alkyl carbamates (subject to hydrolysis) is 1. The number of ether oxygens (including phenoxy) is 1. The lowest BCUT2D eigenvalue weighted by Gasteiger charge is -2.21. The molecule has 1 saturated heterocycles. The molecule has 0 aliphatic carbocycles. The number of carbonyl (C=O) groups excluding carboxylic acids is 1. The SMILES string of the molecule is C[C@@H](c1ccc(Br)cc1)c1cc(CC(C)(C)O)cc(C2CNC(=O)O2)c1. The molecule has 1 aliphatic heterocycles. The normalized spacial score (nSPS) is 18.3. The van der Waals surface area contributed by atoms with Gasteiger partial charge in [0.2, 0.25) is 0 Å². The van der Waals surface area contributed by atoms with Crippen molar-refractivity contribution < 1.29 is 14.6 Å². The lowest BCUT2D eigenvalue weighted by molar-refractivity contribution is 0.0808. The van der Waals surface area contributed by atoms with Crippen LogP contribution < -0.4 is 5.32 Å². The Hall–Kier alpha value is -1.85. The number of hydrogen-bond acceptors (Lipinski definition) is 3. The van der Waals surface area contributed by atoms with E-state index in [1.807, 2.05) is 18.2 Å². The van der Waals surface area contributed by atoms with Crippen LogP contribution in [-0.2, 0) is 11.2 Å². The molecule has 0 aromatic heterocycles. The van der Waals surface area contributed by atoms with Gasteiger partial charge in [-0.3, -0.25) is 0 Å². The number of rotatable bonds is 5.